The van der Waals surface area contributed by atoms with Crippen molar-refractivity contribution in [2.24, 2.45) is 0 Å². The van der Waals surface area contributed by atoms with Crippen LogP contribution in [0.3, 0.4) is 0 Å². The zero-order valence-electron chi connectivity index (χ0n) is 22.6. The summed E-state index contributed by atoms with van der Waals surface area (Å²) in [5, 5.41) is 4.06. The van der Waals surface area contributed by atoms with Crippen LogP contribution in [0, 0.1) is 17.7 Å². The number of hydrogen-bond acceptors (Lipinski definition) is 6. The third-order valence-electron chi connectivity index (χ3n) is 6.76. The molecule has 7 nitrogen and oxygen atoms in total. The van der Waals surface area contributed by atoms with Gasteiger partial charge in [-0.3, -0.25) is 4.79 Å². The van der Waals surface area contributed by atoms with Crippen molar-refractivity contribution in [3.8, 4) is 23.1 Å². The fourth-order valence-electron chi connectivity index (χ4n) is 4.70. The first-order chi connectivity index (χ1) is 20.6. The van der Waals surface area contributed by atoms with Crippen LogP contribution in [0.1, 0.15) is 51.1 Å². The van der Waals surface area contributed by atoms with E-state index in [1.807, 2.05) is 0 Å². The summed E-state index contributed by atoms with van der Waals surface area (Å²) < 4.78 is 73.4. The number of carbonyl (C=O) groups is 2. The van der Waals surface area contributed by atoms with Gasteiger partial charge in [0.05, 0.1) is 34.3 Å². The van der Waals surface area contributed by atoms with Gasteiger partial charge in [-0.2, -0.15) is 23.0 Å². The van der Waals surface area contributed by atoms with Crippen molar-refractivity contribution < 1.29 is 41.4 Å². The van der Waals surface area contributed by atoms with Gasteiger partial charge in [0.25, 0.3) is 5.91 Å². The number of benzene rings is 3. The van der Waals surface area contributed by atoms with E-state index in [1.165, 1.54) is 24.3 Å². The largest absolute Gasteiger partial charge is 0.465 e. The van der Waals surface area contributed by atoms with Crippen LogP contribution in [0.5, 0.6) is 0 Å². The van der Waals surface area contributed by atoms with Crippen molar-refractivity contribution in [3.63, 3.8) is 0 Å². The number of methoxy groups -OCH3 is 1. The highest BCUT2D eigenvalue weighted by atomic mass is 35.5. The predicted octanol–water partition coefficient (Wildman–Crippen LogP) is 6.88. The molecule has 12 heteroatoms. The number of esters is 1. The minimum Gasteiger partial charge on any atom is -0.465 e. The lowest BCUT2D eigenvalue weighted by Gasteiger charge is -2.21. The molecule has 1 unspecified atom stereocenters. The minimum atomic E-state index is -4.89. The smallest absolute Gasteiger partial charge is 0.417 e. The molecule has 5 rings (SSSR count). The molecule has 1 atom stereocenters. The molecule has 222 valence electrons. The number of fused-ring (bicyclic) bond motifs is 1. The van der Waals surface area contributed by atoms with E-state index in [0.29, 0.717) is 12.2 Å². The van der Waals surface area contributed by atoms with E-state index >= 15 is 4.39 Å². The maximum Gasteiger partial charge on any atom is 0.417 e. The average Bonchev–Trinajstić information content (AvgIpc) is 3.37. The highest BCUT2D eigenvalue weighted by molar-refractivity contribution is 6.34. The molecule has 4 aromatic rings. The summed E-state index contributed by atoms with van der Waals surface area (Å²) in [5.74, 6) is 2.96. The first-order valence-corrected chi connectivity index (χ1v) is 13.5. The number of alkyl halides is 3. The SMILES string of the molecule is COC(=O)c1ccc(-c2nn(C(=O)c3c(Cl)cccc3C(F)(F)F)c3cc(C#CCOC4CCCCO4)ccc23)c(F)c1. The fraction of sp³-hybridized carbons (Fsp3) is 0.258. The Morgan fingerprint density at radius 3 is 2.65 bits per heavy atom. The molecule has 1 aromatic heterocycles. The van der Waals surface area contributed by atoms with Crippen molar-refractivity contribution in [1.29, 1.82) is 0 Å². The average molecular weight is 615 g/mol. The normalized spacial score (nSPS) is 15.2. The summed E-state index contributed by atoms with van der Waals surface area (Å²) in [4.78, 5) is 25.6. The molecule has 2 heterocycles. The monoisotopic (exact) mass is 614 g/mol. The van der Waals surface area contributed by atoms with Crippen LogP contribution < -0.4 is 0 Å². The number of hydrogen-bond donors (Lipinski definition) is 0. The molecular formula is C31H23ClF4N2O5. The third-order valence-corrected chi connectivity index (χ3v) is 7.08. The van der Waals surface area contributed by atoms with Crippen LogP contribution in [-0.2, 0) is 20.4 Å². The lowest BCUT2D eigenvalue weighted by Crippen LogP contribution is -2.22. The molecule has 0 spiro atoms. The Morgan fingerprint density at radius 2 is 1.95 bits per heavy atom. The standard InChI is InChI=1S/C31H23ClF4N2O5/c1-41-30(40)19-11-13-20(24(33)17-19)28-21-12-10-18(6-5-15-43-26-9-2-3-14-42-26)16-25(21)38(37-28)29(39)27-22(31(34,35)36)7-4-8-23(27)32/h4,7-8,10-13,16-17,26H,2-3,9,14-15H2,1H3. The molecular weight excluding hydrogens is 592 g/mol. The first kappa shape index (κ1) is 30.2. The van der Waals surface area contributed by atoms with Gasteiger partial charge in [-0.05, 0) is 67.8 Å². The van der Waals surface area contributed by atoms with Gasteiger partial charge in [0.1, 0.15) is 18.1 Å². The van der Waals surface area contributed by atoms with Crippen LogP contribution in [-0.4, -0.2) is 48.3 Å². The van der Waals surface area contributed by atoms with Crippen molar-refractivity contribution in [2.75, 3.05) is 20.3 Å². The van der Waals surface area contributed by atoms with Crippen molar-refractivity contribution in [2.45, 2.75) is 31.7 Å². The summed E-state index contributed by atoms with van der Waals surface area (Å²) in [6, 6.07) is 11.1. The van der Waals surface area contributed by atoms with Crippen LogP contribution in [0.25, 0.3) is 22.2 Å². The second-order valence-electron chi connectivity index (χ2n) is 9.55. The minimum absolute atomic E-state index is 0.0461. The lowest BCUT2D eigenvalue weighted by atomic mass is 10.0. The van der Waals surface area contributed by atoms with Crippen LogP contribution in [0.2, 0.25) is 5.02 Å². The second kappa shape index (κ2) is 12.6. The second-order valence-corrected chi connectivity index (χ2v) is 9.96. The van der Waals surface area contributed by atoms with Crippen molar-refractivity contribution in [3.05, 3.63) is 87.7 Å². The van der Waals surface area contributed by atoms with Gasteiger partial charge in [-0.25, -0.2) is 9.18 Å². The third kappa shape index (κ3) is 6.41. The number of halogens is 5. The predicted molar refractivity (Wildman–Crippen MR) is 149 cm³/mol. The summed E-state index contributed by atoms with van der Waals surface area (Å²) in [7, 11) is 1.15. The molecule has 43 heavy (non-hydrogen) atoms. The Balaban J connectivity index is 1.61. The Hall–Kier alpha value is -4.24. The van der Waals surface area contributed by atoms with Gasteiger partial charge in [0.2, 0.25) is 0 Å². The lowest BCUT2D eigenvalue weighted by molar-refractivity contribution is -0.154. The molecule has 1 aliphatic heterocycles. The molecule has 0 amide bonds. The van der Waals surface area contributed by atoms with E-state index in [0.717, 1.165) is 55.3 Å². The Bertz CT molecular complexity index is 1770. The van der Waals surface area contributed by atoms with E-state index in [-0.39, 0.29) is 40.6 Å². The van der Waals surface area contributed by atoms with Gasteiger partial charge >= 0.3 is 12.1 Å². The maximum atomic E-state index is 15.3. The topological polar surface area (TPSA) is 79.7 Å². The van der Waals surface area contributed by atoms with E-state index in [2.05, 4.69) is 21.7 Å². The molecule has 0 saturated carbocycles. The van der Waals surface area contributed by atoms with Gasteiger partial charge < -0.3 is 14.2 Å². The van der Waals surface area contributed by atoms with Crippen LogP contribution in [0.4, 0.5) is 17.6 Å². The molecule has 1 saturated heterocycles. The van der Waals surface area contributed by atoms with Gasteiger partial charge in [-0.15, -0.1) is 0 Å². The van der Waals surface area contributed by atoms with Crippen LogP contribution >= 0.6 is 11.6 Å². The molecule has 0 bridgehead atoms. The number of aromatic nitrogens is 2. The molecule has 1 aliphatic rings. The van der Waals surface area contributed by atoms with Crippen molar-refractivity contribution in [1.82, 2.24) is 9.78 Å². The Labute approximate surface area is 248 Å². The number of rotatable bonds is 5. The van der Waals surface area contributed by atoms with Crippen LogP contribution in [0.15, 0.2) is 54.6 Å². The van der Waals surface area contributed by atoms with E-state index in [1.54, 1.807) is 6.07 Å². The van der Waals surface area contributed by atoms with Crippen molar-refractivity contribution >= 4 is 34.4 Å². The summed E-state index contributed by atoms with van der Waals surface area (Å²) in [5.41, 5.74) is -1.80. The van der Waals surface area contributed by atoms with E-state index in [9.17, 15) is 22.8 Å². The number of ether oxygens (including phenoxy) is 3. The summed E-state index contributed by atoms with van der Waals surface area (Å²) in [6.45, 7) is 0.682. The fourth-order valence-corrected chi connectivity index (χ4v) is 4.95. The quantitative estimate of drug-likeness (QED) is 0.138. The van der Waals surface area contributed by atoms with Gasteiger partial charge in [0.15, 0.2) is 6.29 Å². The van der Waals surface area contributed by atoms with Gasteiger partial charge in [0, 0.05) is 23.1 Å². The first-order valence-electron chi connectivity index (χ1n) is 13.1. The molecule has 1 fully saturated rings. The molecule has 0 radical (unpaired) electrons. The van der Waals surface area contributed by atoms with Gasteiger partial charge in [-0.1, -0.05) is 29.5 Å². The maximum absolute atomic E-state index is 15.3. The Kier molecular flexibility index (Phi) is 8.82. The number of carbonyl (C=O) groups excluding carboxylic acids is 2. The van der Waals surface area contributed by atoms with E-state index in [4.69, 9.17) is 21.1 Å². The highest BCUT2D eigenvalue weighted by Gasteiger charge is 2.37. The molecule has 3 aromatic carbocycles. The molecule has 0 N–H and O–H groups in total. The highest BCUT2D eigenvalue weighted by Crippen LogP contribution is 2.37. The zero-order valence-corrected chi connectivity index (χ0v) is 23.4. The number of nitrogens with zero attached hydrogens (tertiary/aromatic N) is 2. The summed E-state index contributed by atoms with van der Waals surface area (Å²) >= 11 is 6.11. The van der Waals surface area contributed by atoms with E-state index < -0.39 is 40.0 Å². The molecule has 0 aliphatic carbocycles. The summed E-state index contributed by atoms with van der Waals surface area (Å²) in [6.07, 6.45) is -2.51. The zero-order chi connectivity index (χ0) is 30.7. The Morgan fingerprint density at radius 1 is 1.14 bits per heavy atom.